The highest BCUT2D eigenvalue weighted by atomic mass is 16.2. The number of nitrogens with zero attached hydrogens (tertiary/aromatic N) is 4. The van der Waals surface area contributed by atoms with Crippen molar-refractivity contribution < 1.29 is 14.4 Å². The van der Waals surface area contributed by atoms with Gasteiger partial charge in [0, 0.05) is 17.3 Å². The van der Waals surface area contributed by atoms with Gasteiger partial charge in [0.25, 0.3) is 5.91 Å². The third-order valence-corrected chi connectivity index (χ3v) is 6.25. The van der Waals surface area contributed by atoms with Gasteiger partial charge in [0.1, 0.15) is 12.6 Å². The van der Waals surface area contributed by atoms with Crippen LogP contribution in [0.15, 0.2) is 42.6 Å². The number of aromatic amines is 1. The molecule has 1 atom stereocenters. The second-order valence-electron chi connectivity index (χ2n) is 8.62. The molecule has 10 nitrogen and oxygen atoms in total. The minimum absolute atomic E-state index is 0.0905. The molecule has 10 heteroatoms. The third kappa shape index (κ3) is 3.87. The molecule has 34 heavy (non-hydrogen) atoms. The minimum Gasteiger partial charge on any atom is -0.364 e. The molecule has 3 amide bonds. The summed E-state index contributed by atoms with van der Waals surface area (Å²) >= 11 is 0. The number of fused-ring (bicyclic) bond motifs is 2. The van der Waals surface area contributed by atoms with E-state index in [0.717, 1.165) is 29.3 Å². The number of carbonyl (C=O) groups excluding carboxylic acids is 3. The number of anilines is 1. The molecule has 4 aromatic rings. The van der Waals surface area contributed by atoms with Crippen molar-refractivity contribution in [2.75, 3.05) is 11.9 Å². The Labute approximate surface area is 195 Å². The summed E-state index contributed by atoms with van der Waals surface area (Å²) in [5.41, 5.74) is 8.62. The van der Waals surface area contributed by atoms with Crippen LogP contribution in [0.2, 0.25) is 0 Å². The maximum atomic E-state index is 13.3. The van der Waals surface area contributed by atoms with Crippen LogP contribution in [-0.4, -0.2) is 55.2 Å². The van der Waals surface area contributed by atoms with Gasteiger partial charge < -0.3 is 16.0 Å². The summed E-state index contributed by atoms with van der Waals surface area (Å²) in [5.74, 6) is -1.13. The van der Waals surface area contributed by atoms with E-state index in [4.69, 9.17) is 5.73 Å². The van der Waals surface area contributed by atoms with Crippen molar-refractivity contribution in [3.05, 3.63) is 53.9 Å². The maximum Gasteiger partial charge on any atom is 0.269 e. The van der Waals surface area contributed by atoms with Crippen molar-refractivity contribution in [2.24, 2.45) is 5.73 Å². The van der Waals surface area contributed by atoms with Crippen molar-refractivity contribution >= 4 is 45.2 Å². The number of nitrogens with one attached hydrogen (secondary N) is 2. The Bertz CT molecular complexity index is 1420. The van der Waals surface area contributed by atoms with Crippen molar-refractivity contribution in [3.8, 4) is 0 Å². The van der Waals surface area contributed by atoms with Crippen LogP contribution in [0.1, 0.15) is 35.3 Å². The molecule has 2 aromatic carbocycles. The molecule has 2 aromatic heterocycles. The minimum atomic E-state index is -0.652. The first-order chi connectivity index (χ1) is 16.4. The Balaban J connectivity index is 1.39. The molecule has 5 rings (SSSR count). The van der Waals surface area contributed by atoms with Crippen molar-refractivity contribution in [1.82, 2.24) is 24.9 Å². The molecule has 0 aliphatic carbocycles. The van der Waals surface area contributed by atoms with Gasteiger partial charge in [0.2, 0.25) is 11.8 Å². The van der Waals surface area contributed by atoms with Crippen LogP contribution in [0.4, 0.5) is 5.69 Å². The largest absolute Gasteiger partial charge is 0.364 e. The molecule has 0 spiro atoms. The number of rotatable bonds is 5. The average molecular weight is 460 g/mol. The van der Waals surface area contributed by atoms with Gasteiger partial charge in [0.15, 0.2) is 5.69 Å². The quantitative estimate of drug-likeness (QED) is 0.420. The molecule has 1 aliphatic rings. The van der Waals surface area contributed by atoms with E-state index < -0.39 is 11.9 Å². The molecule has 174 valence electrons. The number of benzene rings is 2. The molecule has 0 saturated carbocycles. The van der Waals surface area contributed by atoms with E-state index in [1.807, 2.05) is 25.1 Å². The number of H-pyrrole nitrogens is 1. The zero-order valence-corrected chi connectivity index (χ0v) is 18.7. The number of amides is 3. The third-order valence-electron chi connectivity index (χ3n) is 6.25. The fourth-order valence-corrected chi connectivity index (χ4v) is 4.67. The summed E-state index contributed by atoms with van der Waals surface area (Å²) in [5, 5.41) is 15.8. The van der Waals surface area contributed by atoms with Gasteiger partial charge in [-0.05, 0) is 49.9 Å². The van der Waals surface area contributed by atoms with Gasteiger partial charge in [-0.25, -0.2) is 0 Å². The Morgan fingerprint density at radius 3 is 2.85 bits per heavy atom. The molecule has 0 bridgehead atoms. The summed E-state index contributed by atoms with van der Waals surface area (Å²) in [4.78, 5) is 40.1. The molecule has 1 fully saturated rings. The van der Waals surface area contributed by atoms with E-state index in [1.165, 1.54) is 4.68 Å². The number of hydrogen-bond acceptors (Lipinski definition) is 5. The monoisotopic (exact) mass is 459 g/mol. The van der Waals surface area contributed by atoms with Crippen LogP contribution in [0.25, 0.3) is 21.8 Å². The Morgan fingerprint density at radius 2 is 2.03 bits per heavy atom. The highest BCUT2D eigenvalue weighted by molar-refractivity contribution is 6.05. The Morgan fingerprint density at radius 1 is 1.21 bits per heavy atom. The van der Waals surface area contributed by atoms with E-state index >= 15 is 0 Å². The fraction of sp³-hybridized carbons (Fsp3) is 0.292. The number of aromatic nitrogens is 4. The first kappa shape index (κ1) is 21.6. The van der Waals surface area contributed by atoms with Crippen LogP contribution in [0, 0.1) is 6.92 Å². The summed E-state index contributed by atoms with van der Waals surface area (Å²) in [6, 6.07) is 10.4. The van der Waals surface area contributed by atoms with Gasteiger partial charge in [0.05, 0.1) is 22.9 Å². The van der Waals surface area contributed by atoms with E-state index in [1.54, 1.807) is 29.3 Å². The van der Waals surface area contributed by atoms with E-state index in [-0.39, 0.29) is 24.1 Å². The molecular weight excluding hydrogens is 434 g/mol. The van der Waals surface area contributed by atoms with Crippen LogP contribution >= 0.6 is 0 Å². The normalized spacial score (nSPS) is 16.1. The lowest BCUT2D eigenvalue weighted by Crippen LogP contribution is -2.51. The first-order valence-electron chi connectivity index (χ1n) is 11.2. The average Bonchev–Trinajstić information content (AvgIpc) is 3.44. The topological polar surface area (TPSA) is 139 Å². The summed E-state index contributed by atoms with van der Waals surface area (Å²) in [6.45, 7) is 2.34. The highest BCUT2D eigenvalue weighted by Crippen LogP contribution is 2.26. The lowest BCUT2D eigenvalue weighted by Gasteiger charge is -2.34. The standard InChI is InChI=1S/C24H25N7O3/c1-14-10-15-12-26-28-21(15)17(11-14)27-24(34)19-8-4-5-9-30(19)20(32)13-31-18-7-3-2-6-16(18)22(29-31)23(25)33/h2-3,6-7,10-12,19H,4-5,8-9,13H2,1H3,(H2,25,33)(H,26,28)(H,27,34)/t19-/m0/s1. The van der Waals surface area contributed by atoms with Crippen LogP contribution in [-0.2, 0) is 16.1 Å². The molecular formula is C24H25N7O3. The second kappa shape index (κ2) is 8.62. The van der Waals surface area contributed by atoms with Crippen molar-refractivity contribution in [2.45, 2.75) is 38.8 Å². The zero-order chi connectivity index (χ0) is 23.8. The number of primary amides is 1. The number of likely N-dealkylation sites (tertiary alicyclic amines) is 1. The van der Waals surface area contributed by atoms with Crippen LogP contribution < -0.4 is 11.1 Å². The predicted octanol–water partition coefficient (Wildman–Crippen LogP) is 2.34. The smallest absolute Gasteiger partial charge is 0.269 e. The van der Waals surface area contributed by atoms with E-state index in [2.05, 4.69) is 20.6 Å². The van der Waals surface area contributed by atoms with Crippen molar-refractivity contribution in [1.29, 1.82) is 0 Å². The zero-order valence-electron chi connectivity index (χ0n) is 18.7. The summed E-state index contributed by atoms with van der Waals surface area (Å²) < 4.78 is 1.48. The van der Waals surface area contributed by atoms with Gasteiger partial charge in [-0.3, -0.25) is 24.2 Å². The van der Waals surface area contributed by atoms with Crippen LogP contribution in [0.3, 0.4) is 0 Å². The van der Waals surface area contributed by atoms with Crippen molar-refractivity contribution in [3.63, 3.8) is 0 Å². The van der Waals surface area contributed by atoms with Crippen LogP contribution in [0.5, 0.6) is 0 Å². The summed E-state index contributed by atoms with van der Waals surface area (Å²) in [7, 11) is 0. The van der Waals surface area contributed by atoms with Gasteiger partial charge >= 0.3 is 0 Å². The predicted molar refractivity (Wildman–Crippen MR) is 127 cm³/mol. The number of para-hydroxylation sites is 1. The van der Waals surface area contributed by atoms with Gasteiger partial charge in [-0.2, -0.15) is 10.2 Å². The molecule has 1 aliphatic heterocycles. The number of carbonyl (C=O) groups is 3. The molecule has 3 heterocycles. The second-order valence-corrected chi connectivity index (χ2v) is 8.62. The molecule has 0 radical (unpaired) electrons. The molecule has 4 N–H and O–H groups in total. The number of hydrogen-bond donors (Lipinski definition) is 3. The summed E-state index contributed by atoms with van der Waals surface area (Å²) in [6.07, 6.45) is 3.95. The Kier molecular flexibility index (Phi) is 5.48. The molecule has 0 unspecified atom stereocenters. The number of aryl methyl sites for hydroxylation is 1. The van der Waals surface area contributed by atoms with E-state index in [9.17, 15) is 14.4 Å². The van der Waals surface area contributed by atoms with E-state index in [0.29, 0.717) is 29.6 Å². The maximum absolute atomic E-state index is 13.3. The fourth-order valence-electron chi connectivity index (χ4n) is 4.67. The first-order valence-corrected chi connectivity index (χ1v) is 11.2. The van der Waals surface area contributed by atoms with Gasteiger partial charge in [-0.15, -0.1) is 0 Å². The lowest BCUT2D eigenvalue weighted by atomic mass is 10.0. The Hall–Kier alpha value is -4.21. The van der Waals surface area contributed by atoms with Gasteiger partial charge in [-0.1, -0.05) is 18.2 Å². The SMILES string of the molecule is Cc1cc(NC(=O)[C@@H]2CCCCN2C(=O)Cn2nc(C(N)=O)c3ccccc32)c2[nH]ncc2c1. The molecule has 1 saturated heterocycles. The lowest BCUT2D eigenvalue weighted by molar-refractivity contribution is -0.141. The highest BCUT2D eigenvalue weighted by Gasteiger charge is 2.33. The number of nitrogens with two attached hydrogens (primary N) is 1. The number of piperidine rings is 1.